The molecule has 6 heteroatoms. The van der Waals surface area contributed by atoms with Gasteiger partial charge in [-0.25, -0.2) is 4.79 Å². The maximum atomic E-state index is 12.5. The minimum absolute atomic E-state index is 0.108. The van der Waals surface area contributed by atoms with Crippen LogP contribution < -0.4 is 10.6 Å². The fourth-order valence-corrected chi connectivity index (χ4v) is 2.52. The smallest absolute Gasteiger partial charge is 0.328 e. The SMILES string of the molecule is COC(=O)[C@H](Cc1ccc(C)c(C)c1)NC(=O)[C@H](NC(C)=O)C(C)C. The van der Waals surface area contributed by atoms with Crippen molar-refractivity contribution in [3.05, 3.63) is 34.9 Å². The monoisotopic (exact) mass is 348 g/mol. The topological polar surface area (TPSA) is 84.5 Å². The second kappa shape index (κ2) is 9.20. The molecule has 25 heavy (non-hydrogen) atoms. The van der Waals surface area contributed by atoms with Crippen LogP contribution in [0.1, 0.15) is 37.5 Å². The second-order valence-electron chi connectivity index (χ2n) is 6.63. The molecule has 0 spiro atoms. The summed E-state index contributed by atoms with van der Waals surface area (Å²) in [7, 11) is 1.29. The minimum atomic E-state index is -0.811. The van der Waals surface area contributed by atoms with Crippen molar-refractivity contribution >= 4 is 17.8 Å². The Hall–Kier alpha value is -2.37. The molecule has 138 valence electrons. The number of amides is 2. The molecule has 2 atom stereocenters. The maximum absolute atomic E-state index is 12.5. The number of esters is 1. The molecule has 1 rings (SSSR count). The number of aryl methyl sites for hydroxylation is 2. The highest BCUT2D eigenvalue weighted by molar-refractivity contribution is 5.90. The summed E-state index contributed by atoms with van der Waals surface area (Å²) < 4.78 is 4.82. The van der Waals surface area contributed by atoms with E-state index in [1.54, 1.807) is 0 Å². The number of ether oxygens (including phenoxy) is 1. The maximum Gasteiger partial charge on any atom is 0.328 e. The summed E-state index contributed by atoms with van der Waals surface area (Å²) in [6.07, 6.45) is 0.324. The van der Waals surface area contributed by atoms with Gasteiger partial charge in [0, 0.05) is 13.3 Å². The Labute approximate surface area is 149 Å². The Balaban J connectivity index is 2.94. The fourth-order valence-electron chi connectivity index (χ4n) is 2.52. The Morgan fingerprint density at radius 3 is 2.20 bits per heavy atom. The molecular formula is C19H28N2O4. The molecule has 1 aromatic carbocycles. The van der Waals surface area contributed by atoms with E-state index in [0.29, 0.717) is 6.42 Å². The highest BCUT2D eigenvalue weighted by atomic mass is 16.5. The van der Waals surface area contributed by atoms with Crippen molar-refractivity contribution in [3.63, 3.8) is 0 Å². The van der Waals surface area contributed by atoms with E-state index in [1.807, 2.05) is 45.9 Å². The molecule has 2 N–H and O–H groups in total. The third-order valence-corrected chi connectivity index (χ3v) is 4.12. The van der Waals surface area contributed by atoms with E-state index in [4.69, 9.17) is 4.74 Å². The normalized spacial score (nSPS) is 13.1. The fraction of sp³-hybridized carbons (Fsp3) is 0.526. The summed E-state index contributed by atoms with van der Waals surface area (Å²) in [6.45, 7) is 9.03. The molecule has 0 unspecified atom stereocenters. The zero-order valence-electron chi connectivity index (χ0n) is 15.8. The predicted molar refractivity (Wildman–Crippen MR) is 96.0 cm³/mol. The molecular weight excluding hydrogens is 320 g/mol. The number of methoxy groups -OCH3 is 1. The highest BCUT2D eigenvalue weighted by Gasteiger charge is 2.28. The van der Waals surface area contributed by atoms with Crippen molar-refractivity contribution in [3.8, 4) is 0 Å². The molecule has 0 heterocycles. The van der Waals surface area contributed by atoms with E-state index in [9.17, 15) is 14.4 Å². The van der Waals surface area contributed by atoms with E-state index in [-0.39, 0.29) is 11.8 Å². The largest absolute Gasteiger partial charge is 0.467 e. The van der Waals surface area contributed by atoms with Crippen molar-refractivity contribution in [1.82, 2.24) is 10.6 Å². The number of hydrogen-bond donors (Lipinski definition) is 2. The van der Waals surface area contributed by atoms with Gasteiger partial charge in [0.05, 0.1) is 7.11 Å². The average Bonchev–Trinajstić information content (AvgIpc) is 2.54. The molecule has 0 aliphatic heterocycles. The van der Waals surface area contributed by atoms with Crippen molar-refractivity contribution in [2.24, 2.45) is 5.92 Å². The van der Waals surface area contributed by atoms with Crippen molar-refractivity contribution < 1.29 is 19.1 Å². The van der Waals surface area contributed by atoms with Gasteiger partial charge < -0.3 is 15.4 Å². The molecule has 0 aromatic heterocycles. The van der Waals surface area contributed by atoms with Crippen LogP contribution in [-0.2, 0) is 25.5 Å². The van der Waals surface area contributed by atoms with Crippen molar-refractivity contribution in [1.29, 1.82) is 0 Å². The van der Waals surface area contributed by atoms with Crippen molar-refractivity contribution in [2.75, 3.05) is 7.11 Å². The lowest BCUT2D eigenvalue weighted by molar-refractivity contribution is -0.145. The lowest BCUT2D eigenvalue weighted by Crippen LogP contribution is -2.54. The second-order valence-corrected chi connectivity index (χ2v) is 6.63. The summed E-state index contributed by atoms with van der Waals surface area (Å²) >= 11 is 0. The van der Waals surface area contributed by atoms with E-state index in [1.165, 1.54) is 14.0 Å². The molecule has 0 aliphatic rings. The van der Waals surface area contributed by atoms with Crippen LogP contribution in [0.3, 0.4) is 0 Å². The summed E-state index contributed by atoms with van der Waals surface area (Å²) in [5, 5.41) is 5.33. The molecule has 6 nitrogen and oxygen atoms in total. The molecule has 0 aliphatic carbocycles. The van der Waals surface area contributed by atoms with Gasteiger partial charge in [-0.05, 0) is 36.5 Å². The van der Waals surface area contributed by atoms with Gasteiger partial charge in [0.1, 0.15) is 12.1 Å². The quantitative estimate of drug-likeness (QED) is 0.734. The molecule has 0 fully saturated rings. The zero-order valence-corrected chi connectivity index (χ0v) is 15.8. The van der Waals surface area contributed by atoms with Gasteiger partial charge in [-0.2, -0.15) is 0 Å². The first-order valence-electron chi connectivity index (χ1n) is 8.37. The van der Waals surface area contributed by atoms with Crippen LogP contribution in [0.25, 0.3) is 0 Å². The third kappa shape index (κ3) is 6.21. The van der Waals surface area contributed by atoms with Gasteiger partial charge in [-0.15, -0.1) is 0 Å². The molecule has 2 amide bonds. The first-order valence-corrected chi connectivity index (χ1v) is 8.37. The van der Waals surface area contributed by atoms with Crippen LogP contribution in [-0.4, -0.2) is 37.0 Å². The number of rotatable bonds is 7. The van der Waals surface area contributed by atoms with Gasteiger partial charge in [-0.3, -0.25) is 9.59 Å². The van der Waals surface area contributed by atoms with Crippen LogP contribution in [0.5, 0.6) is 0 Å². The number of carbonyl (C=O) groups excluding carboxylic acids is 3. The van der Waals surface area contributed by atoms with E-state index in [2.05, 4.69) is 10.6 Å². The van der Waals surface area contributed by atoms with Crippen LogP contribution in [0.15, 0.2) is 18.2 Å². The Bertz CT molecular complexity index is 640. The van der Waals surface area contributed by atoms with Crippen molar-refractivity contribution in [2.45, 2.75) is 53.1 Å². The van der Waals surface area contributed by atoms with Gasteiger partial charge in [0.2, 0.25) is 11.8 Å². The van der Waals surface area contributed by atoms with Gasteiger partial charge >= 0.3 is 5.97 Å². The van der Waals surface area contributed by atoms with E-state index < -0.39 is 24.0 Å². The standard InChI is InChI=1S/C19H28N2O4/c1-11(2)17(20-14(5)22)18(23)21-16(19(24)25-6)10-15-8-7-12(3)13(4)9-15/h7-9,11,16-17H,10H2,1-6H3,(H,20,22)(H,21,23)/t16-,17+/m0/s1. The first kappa shape index (κ1) is 20.7. The van der Waals surface area contributed by atoms with Gasteiger partial charge in [0.25, 0.3) is 0 Å². The minimum Gasteiger partial charge on any atom is -0.467 e. The Morgan fingerprint density at radius 1 is 1.08 bits per heavy atom. The number of benzene rings is 1. The predicted octanol–water partition coefficient (Wildman–Crippen LogP) is 1.66. The summed E-state index contributed by atoms with van der Waals surface area (Å²) in [5.41, 5.74) is 3.21. The number of hydrogen-bond acceptors (Lipinski definition) is 4. The van der Waals surface area contributed by atoms with Gasteiger partial charge in [0.15, 0.2) is 0 Å². The molecule has 0 saturated heterocycles. The highest BCUT2D eigenvalue weighted by Crippen LogP contribution is 2.13. The van der Waals surface area contributed by atoms with Crippen LogP contribution in [0.2, 0.25) is 0 Å². The van der Waals surface area contributed by atoms with E-state index >= 15 is 0 Å². The van der Waals surface area contributed by atoms with Crippen LogP contribution in [0, 0.1) is 19.8 Å². The lowest BCUT2D eigenvalue weighted by atomic mass is 9.99. The molecule has 0 bridgehead atoms. The molecule has 0 radical (unpaired) electrons. The van der Waals surface area contributed by atoms with Crippen LogP contribution in [0.4, 0.5) is 0 Å². The third-order valence-electron chi connectivity index (χ3n) is 4.12. The molecule has 1 aromatic rings. The van der Waals surface area contributed by atoms with Crippen LogP contribution >= 0.6 is 0 Å². The summed E-state index contributed by atoms with van der Waals surface area (Å²) in [5.74, 6) is -1.32. The Kier molecular flexibility index (Phi) is 7.61. The van der Waals surface area contributed by atoms with E-state index in [0.717, 1.165) is 16.7 Å². The molecule has 0 saturated carbocycles. The summed E-state index contributed by atoms with van der Waals surface area (Å²) in [6, 6.07) is 4.39. The number of carbonyl (C=O) groups is 3. The lowest BCUT2D eigenvalue weighted by Gasteiger charge is -2.24. The number of nitrogens with one attached hydrogen (secondary N) is 2. The van der Waals surface area contributed by atoms with Gasteiger partial charge in [-0.1, -0.05) is 32.0 Å². The average molecular weight is 348 g/mol. The Morgan fingerprint density at radius 2 is 1.72 bits per heavy atom. The first-order chi connectivity index (χ1) is 11.6. The summed E-state index contributed by atoms with van der Waals surface area (Å²) in [4.78, 5) is 35.9. The zero-order chi connectivity index (χ0) is 19.1.